The maximum atomic E-state index is 12.0. The average Bonchev–Trinajstić information content (AvgIpc) is 2.90. The highest BCUT2D eigenvalue weighted by molar-refractivity contribution is 5.97. The number of aromatic hydroxyl groups is 2. The molecule has 3 unspecified atom stereocenters. The lowest BCUT2D eigenvalue weighted by Crippen LogP contribution is -2.41. The van der Waals surface area contributed by atoms with Crippen molar-refractivity contribution in [3.63, 3.8) is 0 Å². The summed E-state index contributed by atoms with van der Waals surface area (Å²) in [4.78, 5) is 12.0. The van der Waals surface area contributed by atoms with Gasteiger partial charge in [0.2, 0.25) is 0 Å². The quantitative estimate of drug-likeness (QED) is 0.734. The Morgan fingerprint density at radius 2 is 2.17 bits per heavy atom. The van der Waals surface area contributed by atoms with E-state index in [4.69, 9.17) is 4.74 Å². The Bertz CT molecular complexity index is 488. The summed E-state index contributed by atoms with van der Waals surface area (Å²) in [6, 6.07) is 3.98. The molecular weight excluding hydrogens is 234 g/mol. The van der Waals surface area contributed by atoms with Crippen LogP contribution in [0.1, 0.15) is 29.6 Å². The molecule has 2 aliphatic rings. The lowest BCUT2D eigenvalue weighted by atomic mass is 9.95. The molecule has 1 aromatic carbocycles. The molecule has 5 nitrogen and oxygen atoms in total. The number of fused-ring (bicyclic) bond motifs is 2. The van der Waals surface area contributed by atoms with Crippen LogP contribution in [0.4, 0.5) is 0 Å². The third kappa shape index (κ3) is 1.90. The first-order chi connectivity index (χ1) is 8.63. The Morgan fingerprint density at radius 1 is 1.33 bits per heavy atom. The zero-order valence-electron chi connectivity index (χ0n) is 9.80. The maximum absolute atomic E-state index is 12.0. The molecule has 5 heteroatoms. The van der Waals surface area contributed by atoms with Gasteiger partial charge in [0.15, 0.2) is 0 Å². The first-order valence-corrected chi connectivity index (χ1v) is 6.12. The SMILES string of the molecule is O=C(NC1CC2CCC1O2)c1ccc(O)cc1O. The first kappa shape index (κ1) is 11.3. The molecule has 96 valence electrons. The Hall–Kier alpha value is -1.75. The molecule has 1 aromatic rings. The summed E-state index contributed by atoms with van der Waals surface area (Å²) in [7, 11) is 0. The van der Waals surface area contributed by atoms with Gasteiger partial charge in [0.25, 0.3) is 5.91 Å². The number of phenols is 2. The number of nitrogens with one attached hydrogen (secondary N) is 1. The number of phenolic OH excluding ortho intramolecular Hbond substituents is 2. The number of hydrogen-bond acceptors (Lipinski definition) is 4. The Morgan fingerprint density at radius 3 is 2.78 bits per heavy atom. The summed E-state index contributed by atoms with van der Waals surface area (Å²) in [5, 5.41) is 21.7. The molecular formula is C13H15NO4. The predicted molar refractivity (Wildman–Crippen MR) is 63.5 cm³/mol. The first-order valence-electron chi connectivity index (χ1n) is 6.12. The summed E-state index contributed by atoms with van der Waals surface area (Å²) in [5.74, 6) is -0.600. The Balaban J connectivity index is 1.71. The smallest absolute Gasteiger partial charge is 0.255 e. The molecule has 1 amide bonds. The molecule has 2 fully saturated rings. The van der Waals surface area contributed by atoms with E-state index < -0.39 is 0 Å². The molecule has 0 aromatic heterocycles. The number of hydrogen-bond donors (Lipinski definition) is 3. The standard InChI is InChI=1S/C13H15NO4/c15-7-1-3-9(11(16)5-7)13(17)14-10-6-8-2-4-12(10)18-8/h1,3,5,8,10,12,15-16H,2,4,6H2,(H,14,17). The summed E-state index contributed by atoms with van der Waals surface area (Å²) in [6.07, 6.45) is 3.28. The second-order valence-electron chi connectivity index (χ2n) is 4.89. The molecule has 2 saturated heterocycles. The van der Waals surface area contributed by atoms with Gasteiger partial charge in [-0.25, -0.2) is 0 Å². The van der Waals surface area contributed by atoms with Crippen LogP contribution in [-0.4, -0.2) is 34.4 Å². The van der Waals surface area contributed by atoms with Crippen molar-refractivity contribution in [2.24, 2.45) is 0 Å². The van der Waals surface area contributed by atoms with E-state index in [0.717, 1.165) is 25.3 Å². The highest BCUT2D eigenvalue weighted by atomic mass is 16.5. The van der Waals surface area contributed by atoms with Crippen LogP contribution >= 0.6 is 0 Å². The number of rotatable bonds is 2. The van der Waals surface area contributed by atoms with Crippen molar-refractivity contribution in [2.75, 3.05) is 0 Å². The molecule has 0 aliphatic carbocycles. The van der Waals surface area contributed by atoms with Gasteiger partial charge < -0.3 is 20.3 Å². The fourth-order valence-corrected chi connectivity index (χ4v) is 2.75. The van der Waals surface area contributed by atoms with Gasteiger partial charge in [-0.1, -0.05) is 0 Å². The number of benzene rings is 1. The van der Waals surface area contributed by atoms with E-state index in [1.807, 2.05) is 0 Å². The van der Waals surface area contributed by atoms with Crippen molar-refractivity contribution in [2.45, 2.75) is 37.5 Å². The van der Waals surface area contributed by atoms with E-state index in [9.17, 15) is 15.0 Å². The van der Waals surface area contributed by atoms with Crippen molar-refractivity contribution in [1.29, 1.82) is 0 Å². The van der Waals surface area contributed by atoms with E-state index in [1.165, 1.54) is 12.1 Å². The Labute approximate surface area is 104 Å². The zero-order chi connectivity index (χ0) is 12.7. The van der Waals surface area contributed by atoms with Crippen molar-refractivity contribution >= 4 is 5.91 Å². The molecule has 0 spiro atoms. The van der Waals surface area contributed by atoms with E-state index >= 15 is 0 Å². The number of carbonyl (C=O) groups excluding carboxylic acids is 1. The van der Waals surface area contributed by atoms with Crippen molar-refractivity contribution in [1.82, 2.24) is 5.32 Å². The number of ether oxygens (including phenoxy) is 1. The summed E-state index contributed by atoms with van der Waals surface area (Å²) in [5.41, 5.74) is 0.176. The van der Waals surface area contributed by atoms with Gasteiger partial charge in [0, 0.05) is 6.07 Å². The highest BCUT2D eigenvalue weighted by Gasteiger charge is 2.41. The van der Waals surface area contributed by atoms with Gasteiger partial charge >= 0.3 is 0 Å². The van der Waals surface area contributed by atoms with Crippen LogP contribution in [0.5, 0.6) is 11.5 Å². The van der Waals surface area contributed by atoms with Crippen molar-refractivity contribution < 1.29 is 19.7 Å². The van der Waals surface area contributed by atoms with Gasteiger partial charge in [0.05, 0.1) is 23.8 Å². The molecule has 3 N–H and O–H groups in total. The van der Waals surface area contributed by atoms with Gasteiger partial charge in [0.1, 0.15) is 11.5 Å². The van der Waals surface area contributed by atoms with Crippen molar-refractivity contribution in [3.05, 3.63) is 23.8 Å². The van der Waals surface area contributed by atoms with Crippen LogP contribution in [0, 0.1) is 0 Å². The molecule has 3 rings (SSSR count). The van der Waals surface area contributed by atoms with Crippen LogP contribution in [0.2, 0.25) is 0 Å². The zero-order valence-corrected chi connectivity index (χ0v) is 9.80. The highest BCUT2D eigenvalue weighted by Crippen LogP contribution is 2.34. The number of amides is 1. The van der Waals surface area contributed by atoms with Gasteiger partial charge in [-0.15, -0.1) is 0 Å². The van der Waals surface area contributed by atoms with E-state index in [0.29, 0.717) is 0 Å². The monoisotopic (exact) mass is 249 g/mol. The van der Waals surface area contributed by atoms with Crippen LogP contribution < -0.4 is 5.32 Å². The maximum Gasteiger partial charge on any atom is 0.255 e. The third-order valence-electron chi connectivity index (χ3n) is 3.65. The fraction of sp³-hybridized carbons (Fsp3) is 0.462. The molecule has 2 bridgehead atoms. The second-order valence-corrected chi connectivity index (χ2v) is 4.89. The minimum Gasteiger partial charge on any atom is -0.508 e. The van der Waals surface area contributed by atoms with Gasteiger partial charge in [-0.3, -0.25) is 4.79 Å². The third-order valence-corrected chi connectivity index (χ3v) is 3.65. The topological polar surface area (TPSA) is 78.8 Å². The Kier molecular flexibility index (Phi) is 2.63. The molecule has 3 atom stereocenters. The van der Waals surface area contributed by atoms with Crippen LogP contribution in [0.15, 0.2) is 18.2 Å². The van der Waals surface area contributed by atoms with Crippen LogP contribution in [0.3, 0.4) is 0 Å². The molecule has 2 aliphatic heterocycles. The van der Waals surface area contributed by atoms with Crippen LogP contribution in [0.25, 0.3) is 0 Å². The summed E-state index contributed by atoms with van der Waals surface area (Å²) < 4.78 is 5.65. The van der Waals surface area contributed by atoms with Gasteiger partial charge in [-0.05, 0) is 31.4 Å². The van der Waals surface area contributed by atoms with E-state index in [1.54, 1.807) is 0 Å². The second kappa shape index (κ2) is 4.17. The summed E-state index contributed by atoms with van der Waals surface area (Å²) >= 11 is 0. The predicted octanol–water partition coefficient (Wildman–Crippen LogP) is 1.15. The minimum atomic E-state index is -0.325. The average molecular weight is 249 g/mol. The van der Waals surface area contributed by atoms with Crippen molar-refractivity contribution in [3.8, 4) is 11.5 Å². The number of carbonyl (C=O) groups is 1. The van der Waals surface area contributed by atoms with Crippen LogP contribution in [-0.2, 0) is 4.74 Å². The normalized spacial score (nSPS) is 29.4. The van der Waals surface area contributed by atoms with E-state index in [-0.39, 0.29) is 41.2 Å². The van der Waals surface area contributed by atoms with Gasteiger partial charge in [-0.2, -0.15) is 0 Å². The molecule has 18 heavy (non-hydrogen) atoms. The molecule has 0 radical (unpaired) electrons. The fourth-order valence-electron chi connectivity index (χ4n) is 2.75. The molecule has 0 saturated carbocycles. The minimum absolute atomic E-state index is 0.0319. The molecule has 2 heterocycles. The lowest BCUT2D eigenvalue weighted by molar-refractivity contribution is 0.0839. The lowest BCUT2D eigenvalue weighted by Gasteiger charge is -2.20. The van der Waals surface area contributed by atoms with E-state index in [2.05, 4.69) is 5.32 Å². The largest absolute Gasteiger partial charge is 0.508 e. The summed E-state index contributed by atoms with van der Waals surface area (Å²) in [6.45, 7) is 0.